The summed E-state index contributed by atoms with van der Waals surface area (Å²) in [6.07, 6.45) is 0.663. The molecule has 3 amide bonds. The number of fused-ring (bicyclic) bond motifs is 1. The Morgan fingerprint density at radius 3 is 2.54 bits per heavy atom. The van der Waals surface area contributed by atoms with Gasteiger partial charge in [-0.15, -0.1) is 0 Å². The molecule has 3 rings (SSSR count). The van der Waals surface area contributed by atoms with Crippen LogP contribution in [0.15, 0.2) is 29.1 Å². The second kappa shape index (κ2) is 11.7. The van der Waals surface area contributed by atoms with E-state index in [1.54, 1.807) is 28.5 Å². The van der Waals surface area contributed by atoms with Gasteiger partial charge in [0.15, 0.2) is 0 Å². The molecule has 2 heterocycles. The topological polar surface area (TPSA) is 110 Å². The molecule has 0 fully saturated rings. The number of ether oxygens (including phenoxy) is 1. The minimum absolute atomic E-state index is 0.125. The first-order valence-corrected chi connectivity index (χ1v) is 12.0. The fourth-order valence-electron chi connectivity index (χ4n) is 4.27. The zero-order valence-corrected chi connectivity index (χ0v) is 20.9. The number of rotatable bonds is 2. The van der Waals surface area contributed by atoms with E-state index in [2.05, 4.69) is 10.6 Å². The van der Waals surface area contributed by atoms with Crippen LogP contribution in [-0.4, -0.2) is 60.0 Å². The van der Waals surface area contributed by atoms with Crippen molar-refractivity contribution >= 4 is 17.7 Å². The monoisotopic (exact) mass is 482 g/mol. The van der Waals surface area contributed by atoms with E-state index in [1.165, 1.54) is 0 Å². The van der Waals surface area contributed by atoms with Gasteiger partial charge in [0.25, 0.3) is 17.4 Å². The van der Waals surface area contributed by atoms with Gasteiger partial charge in [-0.2, -0.15) is 0 Å². The number of pyridine rings is 1. The van der Waals surface area contributed by atoms with Crippen LogP contribution < -0.4 is 20.9 Å². The normalized spacial score (nSPS) is 15.7. The molecule has 0 spiro atoms. The van der Waals surface area contributed by atoms with E-state index < -0.39 is 5.91 Å². The highest BCUT2D eigenvalue weighted by Gasteiger charge is 2.23. The second-order valence-corrected chi connectivity index (χ2v) is 8.74. The van der Waals surface area contributed by atoms with Gasteiger partial charge in [-0.25, -0.2) is 0 Å². The number of amides is 3. The summed E-state index contributed by atoms with van der Waals surface area (Å²) in [6.45, 7) is 9.01. The van der Waals surface area contributed by atoms with E-state index in [0.29, 0.717) is 36.4 Å². The van der Waals surface area contributed by atoms with Gasteiger partial charge in [-0.1, -0.05) is 11.6 Å². The number of carbonyl (C=O) groups excluding carboxylic acids is 3. The minimum Gasteiger partial charge on any atom is -0.491 e. The average molecular weight is 483 g/mol. The molecular weight excluding hydrogens is 448 g/mol. The summed E-state index contributed by atoms with van der Waals surface area (Å²) in [4.78, 5) is 53.3. The predicted molar refractivity (Wildman–Crippen MR) is 133 cm³/mol. The molecule has 1 aromatic heterocycles. The summed E-state index contributed by atoms with van der Waals surface area (Å²) in [5.41, 5.74) is 2.51. The molecule has 1 aliphatic rings. The predicted octanol–water partition coefficient (Wildman–Crippen LogP) is 1.95. The van der Waals surface area contributed by atoms with Crippen molar-refractivity contribution in [1.29, 1.82) is 0 Å². The number of hydrogen-bond donors (Lipinski definition) is 2. The molecule has 0 saturated carbocycles. The Morgan fingerprint density at radius 2 is 1.80 bits per heavy atom. The van der Waals surface area contributed by atoms with E-state index in [-0.39, 0.29) is 55.6 Å². The van der Waals surface area contributed by atoms with Crippen molar-refractivity contribution in [3.63, 3.8) is 0 Å². The Kier molecular flexibility index (Phi) is 8.68. The molecule has 0 bridgehead atoms. The number of nitrogens with one attached hydrogen (secondary N) is 2. The fraction of sp³-hybridized carbons (Fsp3) is 0.462. The highest BCUT2D eigenvalue weighted by atomic mass is 16.5. The maximum absolute atomic E-state index is 13.5. The first-order chi connectivity index (χ1) is 16.7. The Labute approximate surface area is 205 Å². The van der Waals surface area contributed by atoms with Crippen LogP contribution in [0, 0.1) is 20.8 Å². The van der Waals surface area contributed by atoms with E-state index in [4.69, 9.17) is 4.74 Å². The average Bonchev–Trinajstić information content (AvgIpc) is 2.81. The van der Waals surface area contributed by atoms with E-state index in [0.717, 1.165) is 11.3 Å². The first-order valence-electron chi connectivity index (χ1n) is 12.0. The molecule has 2 aromatic rings. The SMILES string of the molecule is CCn1c(C)cc(C)c(C(=O)N2CCCC(=O)NCCOc3ccc(C)cc3C(=O)NCC2)c1=O. The van der Waals surface area contributed by atoms with Crippen LogP contribution in [0.2, 0.25) is 0 Å². The Hall–Kier alpha value is -3.62. The molecule has 9 nitrogen and oxygen atoms in total. The van der Waals surface area contributed by atoms with Crippen LogP contribution in [0.5, 0.6) is 5.75 Å². The van der Waals surface area contributed by atoms with Crippen LogP contribution in [0.3, 0.4) is 0 Å². The molecule has 0 atom stereocenters. The number of benzene rings is 1. The van der Waals surface area contributed by atoms with Crippen molar-refractivity contribution in [3.05, 3.63) is 62.6 Å². The van der Waals surface area contributed by atoms with Gasteiger partial charge in [-0.05, 0) is 57.9 Å². The third-order valence-electron chi connectivity index (χ3n) is 6.08. The van der Waals surface area contributed by atoms with Gasteiger partial charge in [0.2, 0.25) is 5.91 Å². The van der Waals surface area contributed by atoms with Gasteiger partial charge in [0, 0.05) is 38.3 Å². The lowest BCUT2D eigenvalue weighted by Gasteiger charge is -2.24. The number of nitrogens with zero attached hydrogens (tertiary/aromatic N) is 2. The maximum atomic E-state index is 13.5. The number of aryl methyl sites for hydroxylation is 3. The van der Waals surface area contributed by atoms with Crippen LogP contribution in [0.4, 0.5) is 0 Å². The Bertz CT molecular complexity index is 1170. The van der Waals surface area contributed by atoms with Crippen LogP contribution in [0.1, 0.15) is 57.3 Å². The molecule has 2 N–H and O–H groups in total. The van der Waals surface area contributed by atoms with Crippen LogP contribution >= 0.6 is 0 Å². The van der Waals surface area contributed by atoms with Gasteiger partial charge in [-0.3, -0.25) is 19.2 Å². The molecule has 35 heavy (non-hydrogen) atoms. The van der Waals surface area contributed by atoms with Crippen molar-refractivity contribution in [2.75, 3.05) is 32.8 Å². The van der Waals surface area contributed by atoms with Crippen molar-refractivity contribution in [3.8, 4) is 5.75 Å². The lowest BCUT2D eigenvalue weighted by atomic mass is 10.1. The third kappa shape index (κ3) is 6.29. The molecule has 188 valence electrons. The van der Waals surface area contributed by atoms with Gasteiger partial charge >= 0.3 is 0 Å². The summed E-state index contributed by atoms with van der Waals surface area (Å²) in [5.74, 6) is -0.419. The molecular formula is C26H34N4O5. The molecule has 0 radical (unpaired) electrons. The van der Waals surface area contributed by atoms with Gasteiger partial charge in [0.05, 0.1) is 12.1 Å². The van der Waals surface area contributed by atoms with E-state index >= 15 is 0 Å². The highest BCUT2D eigenvalue weighted by Crippen LogP contribution is 2.20. The smallest absolute Gasteiger partial charge is 0.263 e. The summed E-state index contributed by atoms with van der Waals surface area (Å²) < 4.78 is 7.31. The third-order valence-corrected chi connectivity index (χ3v) is 6.08. The molecule has 1 aliphatic heterocycles. The number of carbonyl (C=O) groups is 3. The quantitative estimate of drug-likeness (QED) is 0.680. The van der Waals surface area contributed by atoms with E-state index in [1.807, 2.05) is 32.9 Å². The number of aromatic nitrogens is 1. The van der Waals surface area contributed by atoms with Crippen molar-refractivity contribution < 1.29 is 19.1 Å². The van der Waals surface area contributed by atoms with Crippen LogP contribution in [0.25, 0.3) is 0 Å². The Balaban J connectivity index is 1.88. The number of hydrogen-bond acceptors (Lipinski definition) is 5. The molecule has 0 saturated heterocycles. The summed E-state index contributed by atoms with van der Waals surface area (Å²) >= 11 is 0. The zero-order valence-electron chi connectivity index (χ0n) is 20.9. The largest absolute Gasteiger partial charge is 0.491 e. The molecule has 9 heteroatoms. The fourth-order valence-corrected chi connectivity index (χ4v) is 4.27. The van der Waals surface area contributed by atoms with Gasteiger partial charge < -0.3 is 24.8 Å². The highest BCUT2D eigenvalue weighted by molar-refractivity contribution is 5.97. The lowest BCUT2D eigenvalue weighted by Crippen LogP contribution is -2.42. The van der Waals surface area contributed by atoms with Crippen molar-refractivity contribution in [2.24, 2.45) is 0 Å². The van der Waals surface area contributed by atoms with Gasteiger partial charge in [0.1, 0.15) is 17.9 Å². The minimum atomic E-state index is -0.395. The van der Waals surface area contributed by atoms with Crippen molar-refractivity contribution in [1.82, 2.24) is 20.1 Å². The molecule has 0 unspecified atom stereocenters. The molecule has 0 aliphatic carbocycles. The summed E-state index contributed by atoms with van der Waals surface area (Å²) in [6, 6.07) is 7.17. The molecule has 1 aromatic carbocycles. The second-order valence-electron chi connectivity index (χ2n) is 8.74. The summed E-state index contributed by atoms with van der Waals surface area (Å²) in [7, 11) is 0. The maximum Gasteiger partial charge on any atom is 0.263 e. The standard InChI is InChI=1S/C26H34N4O5/c1-5-30-19(4)16-18(3)23(26(30)34)25(33)29-12-6-7-22(31)27-11-14-35-21-9-8-17(2)15-20(21)24(32)28-10-13-29/h8-9,15-16H,5-7,10-14H2,1-4H3,(H,27,31)(H,28,32). The summed E-state index contributed by atoms with van der Waals surface area (Å²) in [5, 5.41) is 5.66. The van der Waals surface area contributed by atoms with Crippen LogP contribution in [-0.2, 0) is 11.3 Å². The van der Waals surface area contributed by atoms with Crippen molar-refractivity contribution in [2.45, 2.75) is 47.1 Å². The lowest BCUT2D eigenvalue weighted by molar-refractivity contribution is -0.121. The van der Waals surface area contributed by atoms with E-state index in [9.17, 15) is 19.2 Å². The zero-order chi connectivity index (χ0) is 25.5. The Morgan fingerprint density at radius 1 is 1.03 bits per heavy atom. The first kappa shape index (κ1) is 26.0.